The van der Waals surface area contributed by atoms with E-state index in [1.54, 1.807) is 18.0 Å². The first-order chi connectivity index (χ1) is 13.7. The normalized spacial score (nSPS) is 20.5. The minimum atomic E-state index is -0.184. The second kappa shape index (κ2) is 10.1. The third-order valence-electron chi connectivity index (χ3n) is 5.48. The highest BCUT2D eigenvalue weighted by atomic mass is 32.2. The molecule has 2 aliphatic heterocycles. The molecule has 1 atom stereocenters. The van der Waals surface area contributed by atoms with Crippen LogP contribution < -0.4 is 0 Å². The zero-order valence-electron chi connectivity index (χ0n) is 16.9. The van der Waals surface area contributed by atoms with E-state index in [1.807, 2.05) is 21.9 Å². The van der Waals surface area contributed by atoms with E-state index in [9.17, 15) is 9.59 Å². The lowest BCUT2D eigenvalue weighted by Gasteiger charge is -2.38. The molecule has 1 unspecified atom stereocenters. The molecule has 1 aromatic heterocycles. The van der Waals surface area contributed by atoms with E-state index in [0.717, 1.165) is 49.3 Å². The minimum Gasteiger partial charge on any atom is -0.447 e. The summed E-state index contributed by atoms with van der Waals surface area (Å²) in [6, 6.07) is 4.06. The van der Waals surface area contributed by atoms with Crippen molar-refractivity contribution in [3.8, 4) is 0 Å². The van der Waals surface area contributed by atoms with Gasteiger partial charge in [0.15, 0.2) is 0 Å². The van der Waals surface area contributed by atoms with Gasteiger partial charge in [0.05, 0.1) is 11.6 Å². The van der Waals surface area contributed by atoms with Gasteiger partial charge >= 0.3 is 6.09 Å². The first kappa shape index (κ1) is 21.0. The molecule has 7 heteroatoms. The van der Waals surface area contributed by atoms with Crippen molar-refractivity contribution in [1.82, 2.24) is 14.8 Å². The standard InChI is InChI=1S/C21H31N3O3S/c1-3-5-7-17-15-27-21(26)24(17)16-9-12-23(13-10-16)20(25)18-8-6-11-22-19(18)28-14-4-2/h6,8,11,16-17H,3-5,7,9-10,12-15H2,1-2H3. The number of aromatic nitrogens is 1. The molecule has 0 aromatic carbocycles. The number of hydrogen-bond acceptors (Lipinski definition) is 5. The van der Waals surface area contributed by atoms with Crippen molar-refractivity contribution >= 4 is 23.8 Å². The molecule has 2 aliphatic rings. The van der Waals surface area contributed by atoms with Gasteiger partial charge in [0.2, 0.25) is 0 Å². The lowest BCUT2D eigenvalue weighted by molar-refractivity contribution is 0.0629. The van der Waals surface area contributed by atoms with Crippen LogP contribution in [0.4, 0.5) is 4.79 Å². The van der Waals surface area contributed by atoms with Crippen LogP contribution in [0.15, 0.2) is 23.4 Å². The Balaban J connectivity index is 1.61. The monoisotopic (exact) mass is 405 g/mol. The summed E-state index contributed by atoms with van der Waals surface area (Å²) in [6.07, 6.45) is 7.44. The zero-order chi connectivity index (χ0) is 19.9. The molecule has 3 rings (SSSR count). The van der Waals surface area contributed by atoms with Gasteiger partial charge in [-0.2, -0.15) is 0 Å². The summed E-state index contributed by atoms with van der Waals surface area (Å²) in [4.78, 5) is 33.6. The molecule has 0 saturated carbocycles. The fourth-order valence-corrected chi connectivity index (χ4v) is 4.81. The molecule has 1 aromatic rings. The van der Waals surface area contributed by atoms with Crippen molar-refractivity contribution < 1.29 is 14.3 Å². The summed E-state index contributed by atoms with van der Waals surface area (Å²) in [5, 5.41) is 0.819. The Hall–Kier alpha value is -1.76. The largest absolute Gasteiger partial charge is 0.447 e. The number of ether oxygens (including phenoxy) is 1. The van der Waals surface area contributed by atoms with Gasteiger partial charge in [-0.1, -0.05) is 26.7 Å². The number of likely N-dealkylation sites (tertiary alicyclic amines) is 1. The number of hydrogen-bond donors (Lipinski definition) is 0. The number of pyridine rings is 1. The first-order valence-electron chi connectivity index (χ1n) is 10.5. The summed E-state index contributed by atoms with van der Waals surface area (Å²) in [5.41, 5.74) is 0.695. The molecule has 154 valence electrons. The first-order valence-corrected chi connectivity index (χ1v) is 11.5. The van der Waals surface area contributed by atoms with Crippen LogP contribution in [0.25, 0.3) is 0 Å². The van der Waals surface area contributed by atoms with Crippen molar-refractivity contribution in [2.24, 2.45) is 0 Å². The van der Waals surface area contributed by atoms with Crippen molar-refractivity contribution in [2.45, 2.75) is 69.5 Å². The van der Waals surface area contributed by atoms with Crippen LogP contribution >= 0.6 is 11.8 Å². The maximum absolute atomic E-state index is 13.0. The van der Waals surface area contributed by atoms with Crippen molar-refractivity contribution in [3.63, 3.8) is 0 Å². The van der Waals surface area contributed by atoms with Crippen LogP contribution in [0.5, 0.6) is 0 Å². The molecule has 0 N–H and O–H groups in total. The average Bonchev–Trinajstić information content (AvgIpc) is 3.10. The van der Waals surface area contributed by atoms with E-state index >= 15 is 0 Å². The number of rotatable bonds is 8. The Bertz CT molecular complexity index is 677. The number of thioether (sulfide) groups is 1. The number of piperidine rings is 1. The minimum absolute atomic E-state index is 0.0525. The highest BCUT2D eigenvalue weighted by molar-refractivity contribution is 7.99. The van der Waals surface area contributed by atoms with Gasteiger partial charge < -0.3 is 9.64 Å². The molecule has 3 heterocycles. The fraction of sp³-hybridized carbons (Fsp3) is 0.667. The molecule has 6 nitrogen and oxygen atoms in total. The van der Waals surface area contributed by atoms with Crippen LogP contribution in [0.2, 0.25) is 0 Å². The highest BCUT2D eigenvalue weighted by Crippen LogP contribution is 2.28. The van der Waals surface area contributed by atoms with Crippen molar-refractivity contribution in [1.29, 1.82) is 0 Å². The lowest BCUT2D eigenvalue weighted by Crippen LogP contribution is -2.49. The molecule has 0 radical (unpaired) electrons. The predicted octanol–water partition coefficient (Wildman–Crippen LogP) is 4.20. The van der Waals surface area contributed by atoms with Gasteiger partial charge in [-0.25, -0.2) is 9.78 Å². The Morgan fingerprint density at radius 2 is 2.07 bits per heavy atom. The van der Waals surface area contributed by atoms with E-state index in [4.69, 9.17) is 4.74 Å². The molecule has 0 bridgehead atoms. The van der Waals surface area contributed by atoms with E-state index in [2.05, 4.69) is 18.8 Å². The topological polar surface area (TPSA) is 62.7 Å². The number of unbranched alkanes of at least 4 members (excludes halogenated alkanes) is 1. The lowest BCUT2D eigenvalue weighted by atomic mass is 9.99. The number of nitrogens with zero attached hydrogens (tertiary/aromatic N) is 3. The molecule has 2 amide bonds. The molecule has 2 fully saturated rings. The Morgan fingerprint density at radius 3 is 2.79 bits per heavy atom. The van der Waals surface area contributed by atoms with Gasteiger partial charge in [-0.05, 0) is 43.6 Å². The summed E-state index contributed by atoms with van der Waals surface area (Å²) < 4.78 is 5.32. The van der Waals surface area contributed by atoms with Gasteiger partial charge in [0.1, 0.15) is 11.6 Å². The third kappa shape index (κ3) is 4.80. The smallest absolute Gasteiger partial charge is 0.410 e. The SMILES string of the molecule is CCCCC1COC(=O)N1C1CCN(C(=O)c2cccnc2SCCC)CC1. The zero-order valence-corrected chi connectivity index (χ0v) is 17.7. The summed E-state index contributed by atoms with van der Waals surface area (Å²) >= 11 is 1.64. The average molecular weight is 406 g/mol. The third-order valence-corrected chi connectivity index (χ3v) is 6.69. The molecular formula is C21H31N3O3S. The van der Waals surface area contributed by atoms with Crippen molar-refractivity contribution in [2.75, 3.05) is 25.4 Å². The fourth-order valence-electron chi connectivity index (χ4n) is 3.97. The van der Waals surface area contributed by atoms with Gasteiger partial charge in [-0.15, -0.1) is 11.8 Å². The van der Waals surface area contributed by atoms with Crippen LogP contribution in [0, 0.1) is 0 Å². The number of carbonyl (C=O) groups is 2. The van der Waals surface area contributed by atoms with Crippen LogP contribution in [0.3, 0.4) is 0 Å². The number of carbonyl (C=O) groups excluding carboxylic acids is 2. The Morgan fingerprint density at radius 1 is 1.29 bits per heavy atom. The Kier molecular flexibility index (Phi) is 7.59. The number of amides is 2. The van der Waals surface area contributed by atoms with Crippen LogP contribution in [-0.4, -0.2) is 64.3 Å². The quantitative estimate of drug-likeness (QED) is 0.607. The van der Waals surface area contributed by atoms with Crippen molar-refractivity contribution in [3.05, 3.63) is 23.9 Å². The molecule has 2 saturated heterocycles. The van der Waals surface area contributed by atoms with E-state index in [1.165, 1.54) is 0 Å². The summed E-state index contributed by atoms with van der Waals surface area (Å²) in [7, 11) is 0. The van der Waals surface area contributed by atoms with E-state index in [0.29, 0.717) is 25.3 Å². The highest BCUT2D eigenvalue weighted by Gasteiger charge is 2.39. The summed E-state index contributed by atoms with van der Waals surface area (Å²) in [6.45, 7) is 6.13. The van der Waals surface area contributed by atoms with Gasteiger partial charge in [0, 0.05) is 25.3 Å². The van der Waals surface area contributed by atoms with E-state index < -0.39 is 0 Å². The predicted molar refractivity (Wildman–Crippen MR) is 111 cm³/mol. The van der Waals surface area contributed by atoms with E-state index in [-0.39, 0.29) is 24.1 Å². The second-order valence-electron chi connectivity index (χ2n) is 7.51. The maximum atomic E-state index is 13.0. The summed E-state index contributed by atoms with van der Waals surface area (Å²) in [5.74, 6) is 1.01. The van der Waals surface area contributed by atoms with Crippen LogP contribution in [-0.2, 0) is 4.74 Å². The molecule has 28 heavy (non-hydrogen) atoms. The maximum Gasteiger partial charge on any atom is 0.410 e. The molecule has 0 aliphatic carbocycles. The molecular weight excluding hydrogens is 374 g/mol. The number of cyclic esters (lactones) is 1. The van der Waals surface area contributed by atoms with Crippen LogP contribution in [0.1, 0.15) is 62.7 Å². The van der Waals surface area contributed by atoms with Gasteiger partial charge in [0.25, 0.3) is 5.91 Å². The molecule has 0 spiro atoms. The van der Waals surface area contributed by atoms with Gasteiger partial charge in [-0.3, -0.25) is 9.69 Å². The second-order valence-corrected chi connectivity index (χ2v) is 8.59. The Labute approximate surface area is 172 Å².